The lowest BCUT2D eigenvalue weighted by Gasteiger charge is -2.27. The Kier molecular flexibility index (Phi) is 10.8. The molecule has 2 aromatic carbocycles. The molecule has 0 unspecified atom stereocenters. The second-order valence-corrected chi connectivity index (χ2v) is 9.25. The van der Waals surface area contributed by atoms with Crippen molar-refractivity contribution in [1.29, 1.82) is 0 Å². The molecule has 194 valence electrons. The molecular weight excluding hydrogens is 456 g/mol. The van der Waals surface area contributed by atoms with Crippen LogP contribution in [0.1, 0.15) is 63.0 Å². The molecule has 0 aromatic heterocycles. The van der Waals surface area contributed by atoms with Crippen LogP contribution in [-0.4, -0.2) is 31.3 Å². The topological polar surface area (TPSA) is 114 Å². The minimum absolute atomic E-state index is 0.0848. The fourth-order valence-electron chi connectivity index (χ4n) is 4.23. The molecule has 0 amide bonds. The lowest BCUT2D eigenvalue weighted by Crippen LogP contribution is -2.29. The summed E-state index contributed by atoms with van der Waals surface area (Å²) in [6, 6.07) is 12.3. The largest absolute Gasteiger partial charge is 0.462 e. The quantitative estimate of drug-likeness (QED) is 0.135. The van der Waals surface area contributed by atoms with Crippen molar-refractivity contribution in [2.24, 2.45) is 5.92 Å². The van der Waals surface area contributed by atoms with Gasteiger partial charge in [-0.25, -0.2) is 4.79 Å². The smallest absolute Gasteiger partial charge is 0.330 e. The molecule has 0 heterocycles. The third-order valence-electron chi connectivity index (χ3n) is 6.41. The Morgan fingerprint density at radius 1 is 0.972 bits per heavy atom. The van der Waals surface area contributed by atoms with Crippen LogP contribution in [-0.2, 0) is 25.5 Å². The van der Waals surface area contributed by atoms with Crippen molar-refractivity contribution in [1.82, 2.24) is 0 Å². The molecule has 0 aliphatic heterocycles. The minimum atomic E-state index is -0.440. The highest BCUT2D eigenvalue weighted by molar-refractivity contribution is 5.87. The van der Waals surface area contributed by atoms with Crippen LogP contribution in [0.25, 0.3) is 6.08 Å². The summed E-state index contributed by atoms with van der Waals surface area (Å²) in [6.45, 7) is 3.21. The summed E-state index contributed by atoms with van der Waals surface area (Å²) in [5.74, 6) is -0.213. The van der Waals surface area contributed by atoms with Gasteiger partial charge in [-0.15, -0.1) is 0 Å². The lowest BCUT2D eigenvalue weighted by molar-refractivity contribution is -0.141. The van der Waals surface area contributed by atoms with Gasteiger partial charge >= 0.3 is 11.9 Å². The molecule has 0 saturated heterocycles. The Morgan fingerprint density at radius 3 is 2.42 bits per heavy atom. The summed E-state index contributed by atoms with van der Waals surface area (Å²) in [6.07, 6.45) is 10.7. The first-order valence-corrected chi connectivity index (χ1v) is 12.9. The Hall–Kier alpha value is -3.32. The zero-order chi connectivity index (χ0) is 25.8. The summed E-state index contributed by atoms with van der Waals surface area (Å²) < 4.78 is 16.8. The van der Waals surface area contributed by atoms with E-state index in [1.807, 2.05) is 6.07 Å². The van der Waals surface area contributed by atoms with E-state index >= 15 is 0 Å². The van der Waals surface area contributed by atoms with Gasteiger partial charge in [0.1, 0.15) is 5.75 Å². The molecule has 7 nitrogen and oxygen atoms in total. The summed E-state index contributed by atoms with van der Waals surface area (Å²) in [5, 5.41) is 0. The number of hydrogen-bond acceptors (Lipinski definition) is 7. The highest BCUT2D eigenvalue weighted by Gasteiger charge is 2.28. The van der Waals surface area contributed by atoms with Crippen LogP contribution in [0.4, 0.5) is 11.4 Å². The number of unbranched alkanes of at least 4 members (excludes halogenated alkanes) is 2. The normalized spacial score (nSPS) is 17.7. The van der Waals surface area contributed by atoms with Crippen molar-refractivity contribution in [2.45, 2.75) is 64.4 Å². The minimum Gasteiger partial charge on any atom is -0.462 e. The van der Waals surface area contributed by atoms with Gasteiger partial charge in [-0.05, 0) is 73.6 Å². The number of hydrogen-bond donors (Lipinski definition) is 2. The standard InChI is InChI=1S/C29H38N2O5/c1-2-3-4-18-34-25-14-9-23(10-15-25)29(33)36-26-12-5-21(6-13-26)7-16-28(32)35-19-17-22-8-11-24(30)20-27(22)31/h5-8,11-13,16,20,23,25H,2-4,9-10,14-15,17-19,30-31H2,1H3. The Morgan fingerprint density at radius 2 is 1.72 bits per heavy atom. The maximum atomic E-state index is 12.6. The third-order valence-corrected chi connectivity index (χ3v) is 6.41. The Labute approximate surface area is 213 Å². The third kappa shape index (κ3) is 9.04. The van der Waals surface area contributed by atoms with Gasteiger partial charge < -0.3 is 25.7 Å². The van der Waals surface area contributed by atoms with E-state index in [4.69, 9.17) is 25.7 Å². The monoisotopic (exact) mass is 494 g/mol. The zero-order valence-corrected chi connectivity index (χ0v) is 21.1. The predicted octanol–water partition coefficient (Wildman–Crippen LogP) is 5.32. The van der Waals surface area contributed by atoms with E-state index in [0.29, 0.717) is 23.5 Å². The van der Waals surface area contributed by atoms with Crippen molar-refractivity contribution in [3.63, 3.8) is 0 Å². The SMILES string of the molecule is CCCCCOC1CCC(C(=O)Oc2ccc(C=CC(=O)OCCc3ccc(N)cc3N)cc2)CC1. The maximum absolute atomic E-state index is 12.6. The highest BCUT2D eigenvalue weighted by Crippen LogP contribution is 2.28. The van der Waals surface area contributed by atoms with Crippen LogP contribution in [0.15, 0.2) is 48.5 Å². The van der Waals surface area contributed by atoms with Crippen molar-refractivity contribution in [3.8, 4) is 5.75 Å². The molecule has 4 N–H and O–H groups in total. The number of nitrogen functional groups attached to an aromatic ring is 2. The molecule has 0 spiro atoms. The van der Waals surface area contributed by atoms with Gasteiger partial charge in [0.25, 0.3) is 0 Å². The molecule has 7 heteroatoms. The van der Waals surface area contributed by atoms with Gasteiger partial charge in [-0.3, -0.25) is 4.79 Å². The molecule has 1 aliphatic rings. The van der Waals surface area contributed by atoms with Gasteiger partial charge in [-0.1, -0.05) is 38.0 Å². The maximum Gasteiger partial charge on any atom is 0.330 e. The molecule has 0 radical (unpaired) electrons. The molecule has 1 saturated carbocycles. The fraction of sp³-hybridized carbons (Fsp3) is 0.448. The Bertz CT molecular complexity index is 1010. The molecular formula is C29H38N2O5. The van der Waals surface area contributed by atoms with E-state index in [9.17, 15) is 9.59 Å². The molecule has 0 atom stereocenters. The van der Waals surface area contributed by atoms with Gasteiger partial charge in [0, 0.05) is 30.5 Å². The first kappa shape index (κ1) is 27.3. The van der Waals surface area contributed by atoms with Crippen molar-refractivity contribution >= 4 is 29.4 Å². The second kappa shape index (κ2) is 14.3. The number of benzene rings is 2. The first-order valence-electron chi connectivity index (χ1n) is 12.9. The van der Waals surface area contributed by atoms with Crippen LogP contribution < -0.4 is 16.2 Å². The summed E-state index contributed by atoms with van der Waals surface area (Å²) in [4.78, 5) is 24.6. The number of ether oxygens (including phenoxy) is 3. The number of anilines is 2. The van der Waals surface area contributed by atoms with E-state index < -0.39 is 5.97 Å². The number of carbonyl (C=O) groups is 2. The van der Waals surface area contributed by atoms with E-state index in [1.54, 1.807) is 42.5 Å². The van der Waals surface area contributed by atoms with Gasteiger partial charge in [-0.2, -0.15) is 0 Å². The molecule has 2 aromatic rings. The second-order valence-electron chi connectivity index (χ2n) is 9.25. The van der Waals surface area contributed by atoms with Gasteiger partial charge in [0.05, 0.1) is 18.6 Å². The number of esters is 2. The molecule has 36 heavy (non-hydrogen) atoms. The van der Waals surface area contributed by atoms with Gasteiger partial charge in [0.15, 0.2) is 0 Å². The van der Waals surface area contributed by atoms with Crippen molar-refractivity contribution in [3.05, 3.63) is 59.7 Å². The van der Waals surface area contributed by atoms with Gasteiger partial charge in [0.2, 0.25) is 0 Å². The summed E-state index contributed by atoms with van der Waals surface area (Å²) in [5.41, 5.74) is 14.5. The van der Waals surface area contributed by atoms with Crippen LogP contribution >= 0.6 is 0 Å². The zero-order valence-electron chi connectivity index (χ0n) is 21.1. The van der Waals surface area contributed by atoms with Crippen LogP contribution in [0.5, 0.6) is 5.75 Å². The van der Waals surface area contributed by atoms with E-state index in [0.717, 1.165) is 49.8 Å². The molecule has 3 rings (SSSR count). The van der Waals surface area contributed by atoms with E-state index in [-0.39, 0.29) is 24.6 Å². The van der Waals surface area contributed by atoms with E-state index in [1.165, 1.54) is 18.9 Å². The average molecular weight is 495 g/mol. The summed E-state index contributed by atoms with van der Waals surface area (Å²) >= 11 is 0. The Balaban J connectivity index is 1.36. The molecule has 1 aliphatic carbocycles. The lowest BCUT2D eigenvalue weighted by atomic mass is 9.87. The van der Waals surface area contributed by atoms with E-state index in [2.05, 4.69) is 6.92 Å². The van der Waals surface area contributed by atoms with Crippen molar-refractivity contribution < 1.29 is 23.8 Å². The highest BCUT2D eigenvalue weighted by atomic mass is 16.5. The molecule has 1 fully saturated rings. The first-order chi connectivity index (χ1) is 17.4. The number of rotatable bonds is 12. The van der Waals surface area contributed by atoms with Crippen LogP contribution in [0.3, 0.4) is 0 Å². The summed E-state index contributed by atoms with van der Waals surface area (Å²) in [7, 11) is 0. The molecule has 0 bridgehead atoms. The number of carbonyl (C=O) groups excluding carboxylic acids is 2. The predicted molar refractivity (Wildman–Crippen MR) is 142 cm³/mol. The van der Waals surface area contributed by atoms with Crippen LogP contribution in [0, 0.1) is 5.92 Å². The number of nitrogens with two attached hydrogens (primary N) is 2. The van der Waals surface area contributed by atoms with Crippen LogP contribution in [0.2, 0.25) is 0 Å². The average Bonchev–Trinajstić information content (AvgIpc) is 2.88. The van der Waals surface area contributed by atoms with Crippen molar-refractivity contribution in [2.75, 3.05) is 24.7 Å². The fourth-order valence-corrected chi connectivity index (χ4v) is 4.23.